The summed E-state index contributed by atoms with van der Waals surface area (Å²) >= 11 is 6.14. The molecule has 0 saturated carbocycles. The van der Waals surface area contributed by atoms with Crippen molar-refractivity contribution >= 4 is 23.8 Å². The minimum absolute atomic E-state index is 0.307. The number of rotatable bonds is 5. The van der Waals surface area contributed by atoms with E-state index in [0.29, 0.717) is 16.7 Å². The van der Waals surface area contributed by atoms with Gasteiger partial charge in [0, 0.05) is 21.7 Å². The van der Waals surface area contributed by atoms with Crippen LogP contribution in [0.2, 0.25) is 5.02 Å². The summed E-state index contributed by atoms with van der Waals surface area (Å²) in [5.41, 5.74) is 6.99. The molecule has 136 valence electrons. The fraction of sp³-hybridized carbons (Fsp3) is 0. The molecule has 0 saturated heterocycles. The third kappa shape index (κ3) is 4.05. The molecule has 1 aromatic heterocycles. The first-order valence-electron chi connectivity index (χ1n) is 8.70. The molecule has 4 aromatic rings. The highest BCUT2D eigenvalue weighted by molar-refractivity contribution is 6.33. The number of benzene rings is 3. The van der Waals surface area contributed by atoms with Crippen LogP contribution in [0, 0.1) is 0 Å². The molecule has 0 unspecified atom stereocenters. The van der Waals surface area contributed by atoms with Crippen LogP contribution in [0.1, 0.15) is 5.56 Å². The van der Waals surface area contributed by atoms with Crippen LogP contribution in [0.15, 0.2) is 90.0 Å². The number of nitrogens with zero attached hydrogens (tertiary/aromatic N) is 4. The number of hydrogen-bond acceptors (Lipinski definition) is 5. The summed E-state index contributed by atoms with van der Waals surface area (Å²) in [6.07, 6.45) is 1.62. The van der Waals surface area contributed by atoms with E-state index in [-0.39, 0.29) is 0 Å². The average molecular weight is 386 g/mol. The molecule has 0 aliphatic heterocycles. The van der Waals surface area contributed by atoms with Gasteiger partial charge in [-0.3, -0.25) is 0 Å². The second-order valence-corrected chi connectivity index (χ2v) is 6.36. The maximum absolute atomic E-state index is 6.14. The lowest BCUT2D eigenvalue weighted by Crippen LogP contribution is -2.03. The van der Waals surface area contributed by atoms with Gasteiger partial charge in [-0.1, -0.05) is 90.5 Å². The van der Waals surface area contributed by atoms with Gasteiger partial charge in [-0.2, -0.15) is 5.10 Å². The van der Waals surface area contributed by atoms with Gasteiger partial charge in [0.05, 0.1) is 6.21 Å². The first-order valence-corrected chi connectivity index (χ1v) is 9.08. The minimum atomic E-state index is 0.307. The summed E-state index contributed by atoms with van der Waals surface area (Å²) in [6, 6.07) is 27.2. The molecule has 1 heterocycles. The van der Waals surface area contributed by atoms with Gasteiger partial charge in [0.2, 0.25) is 0 Å². The van der Waals surface area contributed by atoms with Crippen LogP contribution in [-0.4, -0.2) is 21.4 Å². The first kappa shape index (κ1) is 17.8. The molecule has 5 nitrogen and oxygen atoms in total. The zero-order valence-corrected chi connectivity index (χ0v) is 15.6. The van der Waals surface area contributed by atoms with E-state index in [1.807, 2.05) is 84.9 Å². The highest BCUT2D eigenvalue weighted by Gasteiger charge is 2.13. The maximum atomic E-state index is 6.14. The molecule has 1 N–H and O–H groups in total. The van der Waals surface area contributed by atoms with Gasteiger partial charge in [-0.15, -0.1) is 10.2 Å². The molecule has 3 aromatic carbocycles. The molecule has 0 aliphatic rings. The smallest absolute Gasteiger partial charge is 0.244 e. The zero-order valence-electron chi connectivity index (χ0n) is 14.8. The fourth-order valence-electron chi connectivity index (χ4n) is 2.70. The SMILES string of the molecule is Clc1ccccc1/C=N/Nc1nnc(-c2ccccc2)c(-c2ccccc2)n1. The predicted molar refractivity (Wildman–Crippen MR) is 113 cm³/mol. The first-order chi connectivity index (χ1) is 13.8. The van der Waals surface area contributed by atoms with E-state index in [9.17, 15) is 0 Å². The van der Waals surface area contributed by atoms with Crippen molar-refractivity contribution in [2.75, 3.05) is 5.43 Å². The van der Waals surface area contributed by atoms with Crippen molar-refractivity contribution < 1.29 is 0 Å². The summed E-state index contributed by atoms with van der Waals surface area (Å²) in [5, 5.41) is 13.4. The van der Waals surface area contributed by atoms with Crippen LogP contribution in [0.4, 0.5) is 5.95 Å². The van der Waals surface area contributed by atoms with Crippen LogP contribution < -0.4 is 5.43 Å². The molecule has 0 bridgehead atoms. The molecule has 0 spiro atoms. The topological polar surface area (TPSA) is 63.1 Å². The number of hydrogen-bond donors (Lipinski definition) is 1. The second kappa shape index (κ2) is 8.41. The molecule has 0 radical (unpaired) electrons. The normalized spacial score (nSPS) is 10.9. The van der Waals surface area contributed by atoms with Crippen molar-refractivity contribution in [3.05, 3.63) is 95.5 Å². The Morgan fingerprint density at radius 2 is 1.32 bits per heavy atom. The van der Waals surface area contributed by atoms with Gasteiger partial charge in [0.1, 0.15) is 11.4 Å². The summed E-state index contributed by atoms with van der Waals surface area (Å²) in [7, 11) is 0. The summed E-state index contributed by atoms with van der Waals surface area (Å²) < 4.78 is 0. The quantitative estimate of drug-likeness (QED) is 0.373. The molecule has 0 atom stereocenters. The van der Waals surface area contributed by atoms with Crippen molar-refractivity contribution in [1.82, 2.24) is 15.2 Å². The second-order valence-electron chi connectivity index (χ2n) is 5.96. The third-order valence-corrected chi connectivity index (χ3v) is 4.40. The lowest BCUT2D eigenvalue weighted by Gasteiger charge is -2.09. The van der Waals surface area contributed by atoms with Crippen molar-refractivity contribution in [3.8, 4) is 22.5 Å². The highest BCUT2D eigenvalue weighted by Crippen LogP contribution is 2.28. The monoisotopic (exact) mass is 385 g/mol. The van der Waals surface area contributed by atoms with E-state index in [1.54, 1.807) is 6.21 Å². The number of nitrogens with one attached hydrogen (secondary N) is 1. The molecule has 4 rings (SSSR count). The van der Waals surface area contributed by atoms with Crippen LogP contribution in [0.25, 0.3) is 22.5 Å². The minimum Gasteiger partial charge on any atom is -0.244 e. The van der Waals surface area contributed by atoms with Gasteiger partial charge in [0.25, 0.3) is 5.95 Å². The Morgan fingerprint density at radius 3 is 2.00 bits per heavy atom. The summed E-state index contributed by atoms with van der Waals surface area (Å²) in [5.74, 6) is 0.307. The number of aromatic nitrogens is 3. The van der Waals surface area contributed by atoms with Gasteiger partial charge >= 0.3 is 0 Å². The number of hydrazone groups is 1. The predicted octanol–water partition coefficient (Wildman–Crippen LogP) is 5.31. The van der Waals surface area contributed by atoms with Crippen molar-refractivity contribution in [2.24, 2.45) is 5.10 Å². The van der Waals surface area contributed by atoms with Gasteiger partial charge in [-0.25, -0.2) is 10.4 Å². The van der Waals surface area contributed by atoms with E-state index in [0.717, 1.165) is 22.4 Å². The summed E-state index contributed by atoms with van der Waals surface area (Å²) in [6.45, 7) is 0. The van der Waals surface area contributed by atoms with Crippen LogP contribution in [-0.2, 0) is 0 Å². The standard InChI is InChI=1S/C22H16ClN5/c23-19-14-8-7-13-18(19)15-24-27-22-25-20(16-9-3-1-4-10-16)21(26-28-22)17-11-5-2-6-12-17/h1-15H,(H,25,27,28)/b24-15+. The Hall–Kier alpha value is -3.57. The third-order valence-electron chi connectivity index (χ3n) is 4.05. The Balaban J connectivity index is 1.68. The Labute approximate surface area is 167 Å². The highest BCUT2D eigenvalue weighted by atomic mass is 35.5. The molecule has 28 heavy (non-hydrogen) atoms. The molecular formula is C22H16ClN5. The Kier molecular flexibility index (Phi) is 5.36. The fourth-order valence-corrected chi connectivity index (χ4v) is 2.88. The van der Waals surface area contributed by atoms with Crippen molar-refractivity contribution in [2.45, 2.75) is 0 Å². The Morgan fingerprint density at radius 1 is 0.714 bits per heavy atom. The van der Waals surface area contributed by atoms with E-state index in [1.165, 1.54) is 0 Å². The van der Waals surface area contributed by atoms with Crippen molar-refractivity contribution in [1.29, 1.82) is 0 Å². The van der Waals surface area contributed by atoms with Gasteiger partial charge < -0.3 is 0 Å². The number of anilines is 1. The zero-order chi connectivity index (χ0) is 19.2. The summed E-state index contributed by atoms with van der Waals surface area (Å²) in [4.78, 5) is 4.64. The molecule has 0 fully saturated rings. The van der Waals surface area contributed by atoms with E-state index in [2.05, 4.69) is 25.7 Å². The number of halogens is 1. The largest absolute Gasteiger partial charge is 0.263 e. The van der Waals surface area contributed by atoms with E-state index in [4.69, 9.17) is 11.6 Å². The van der Waals surface area contributed by atoms with Crippen molar-refractivity contribution in [3.63, 3.8) is 0 Å². The average Bonchev–Trinajstić information content (AvgIpc) is 2.76. The molecule has 6 heteroatoms. The lowest BCUT2D eigenvalue weighted by molar-refractivity contribution is 0.973. The molecule has 0 amide bonds. The van der Waals surface area contributed by atoms with Crippen LogP contribution in [0.5, 0.6) is 0 Å². The molecular weight excluding hydrogens is 370 g/mol. The van der Waals surface area contributed by atoms with Crippen LogP contribution in [0.3, 0.4) is 0 Å². The maximum Gasteiger partial charge on any atom is 0.263 e. The van der Waals surface area contributed by atoms with Gasteiger partial charge in [-0.05, 0) is 6.07 Å². The van der Waals surface area contributed by atoms with Gasteiger partial charge in [0.15, 0.2) is 0 Å². The van der Waals surface area contributed by atoms with Crippen LogP contribution >= 0.6 is 11.6 Å². The van der Waals surface area contributed by atoms with E-state index >= 15 is 0 Å². The molecule has 0 aliphatic carbocycles. The Bertz CT molecular complexity index is 1100. The lowest BCUT2D eigenvalue weighted by atomic mass is 10.0. The van der Waals surface area contributed by atoms with E-state index < -0.39 is 0 Å².